The second-order valence-electron chi connectivity index (χ2n) is 11.0. The Morgan fingerprint density at radius 2 is 2.07 bits per heavy atom. The van der Waals surface area contributed by atoms with Crippen LogP contribution in [0.2, 0.25) is 0 Å². The van der Waals surface area contributed by atoms with Crippen molar-refractivity contribution in [2.75, 3.05) is 27.4 Å². The van der Waals surface area contributed by atoms with Gasteiger partial charge in [0.15, 0.2) is 11.4 Å². The molecule has 0 unspecified atom stereocenters. The van der Waals surface area contributed by atoms with Crippen molar-refractivity contribution in [2.45, 2.75) is 50.4 Å². The van der Waals surface area contributed by atoms with Crippen molar-refractivity contribution in [3.05, 3.63) is 12.2 Å². The zero-order valence-corrected chi connectivity index (χ0v) is 17.3. The molecular formula is C23H29NO5. The lowest BCUT2D eigenvalue weighted by atomic mass is 9.40. The standard InChI is InChI=1S/C23H29NO5/c1-20-6-5-16(27-2)23-14(20)9-13(17(23)24(10-20)19(26)28-3)21-7-4-12(8-15(21)23)22(11-29-22)18(21)25/h4,7,12-17H,5-6,8-11H2,1-3H3/t12-,13-,14+,15+,16-,17+,20-,21-,22-,23-/m1/s1. The van der Waals surface area contributed by atoms with Crippen molar-refractivity contribution < 1.29 is 23.8 Å². The molecule has 156 valence electrons. The van der Waals surface area contributed by atoms with Gasteiger partial charge in [0.1, 0.15) is 0 Å². The van der Waals surface area contributed by atoms with Gasteiger partial charge in [-0.3, -0.25) is 4.79 Å². The van der Waals surface area contributed by atoms with Gasteiger partial charge in [-0.1, -0.05) is 19.1 Å². The second kappa shape index (κ2) is 4.75. The SMILES string of the molecule is COC(=O)N1C[C@@]2(C)CC[C@@H](OC)[C@@]34[C@@H]1[C@@H](C[C@@H]23)[C@]12C=C[C@H](C[C@@H]14)[C@]1(CO1)C2=O. The summed E-state index contributed by atoms with van der Waals surface area (Å²) in [6, 6.07) is 0.0181. The number of allylic oxidation sites excluding steroid dienone is 1. The number of Topliss-reactive ketones (excluding diaryl/α,β-unsaturated/α-hetero) is 1. The lowest BCUT2D eigenvalue weighted by Crippen LogP contribution is -2.70. The molecular weight excluding hydrogens is 370 g/mol. The number of amides is 1. The van der Waals surface area contributed by atoms with Gasteiger partial charge >= 0.3 is 6.09 Å². The molecule has 0 aromatic heterocycles. The molecule has 10 atom stereocenters. The minimum atomic E-state index is -0.572. The largest absolute Gasteiger partial charge is 0.453 e. The van der Waals surface area contributed by atoms with E-state index >= 15 is 0 Å². The summed E-state index contributed by atoms with van der Waals surface area (Å²) >= 11 is 0. The number of epoxide rings is 1. The highest BCUT2D eigenvalue weighted by Crippen LogP contribution is 2.83. The fourth-order valence-corrected chi connectivity index (χ4v) is 9.87. The average molecular weight is 399 g/mol. The first kappa shape index (κ1) is 17.3. The number of carbonyl (C=O) groups is 2. The molecule has 0 aromatic carbocycles. The summed E-state index contributed by atoms with van der Waals surface area (Å²) in [5, 5.41) is 0. The van der Waals surface area contributed by atoms with Crippen LogP contribution in [0.5, 0.6) is 0 Å². The third kappa shape index (κ3) is 1.47. The minimum Gasteiger partial charge on any atom is -0.453 e. The number of rotatable bonds is 1. The van der Waals surface area contributed by atoms with Crippen molar-refractivity contribution in [2.24, 2.45) is 39.9 Å². The number of likely N-dealkylation sites (tertiary alicyclic amines) is 1. The number of piperidine rings is 1. The summed E-state index contributed by atoms with van der Waals surface area (Å²) in [4.78, 5) is 29.0. The summed E-state index contributed by atoms with van der Waals surface area (Å²) in [5.41, 5.74) is -1.17. The Morgan fingerprint density at radius 3 is 2.76 bits per heavy atom. The smallest absolute Gasteiger partial charge is 0.409 e. The summed E-state index contributed by atoms with van der Waals surface area (Å²) in [5.74, 6) is 1.34. The van der Waals surface area contributed by atoms with E-state index in [9.17, 15) is 9.59 Å². The Morgan fingerprint density at radius 1 is 1.28 bits per heavy atom. The van der Waals surface area contributed by atoms with Crippen molar-refractivity contribution >= 4 is 11.9 Å². The van der Waals surface area contributed by atoms with E-state index < -0.39 is 11.0 Å². The molecule has 6 nitrogen and oxygen atoms in total. The number of ether oxygens (including phenoxy) is 3. The van der Waals surface area contributed by atoms with Crippen molar-refractivity contribution in [1.29, 1.82) is 0 Å². The highest BCUT2D eigenvalue weighted by atomic mass is 16.6. The molecule has 7 bridgehead atoms. The Hall–Kier alpha value is -1.40. The molecule has 4 saturated carbocycles. The molecule has 6 heteroatoms. The van der Waals surface area contributed by atoms with Gasteiger partial charge in [-0.25, -0.2) is 4.79 Å². The van der Waals surface area contributed by atoms with Gasteiger partial charge in [-0.2, -0.15) is 0 Å². The third-order valence-corrected chi connectivity index (χ3v) is 10.6. The maximum Gasteiger partial charge on any atom is 0.409 e. The molecule has 0 N–H and O–H groups in total. The van der Waals surface area contributed by atoms with E-state index in [0.29, 0.717) is 18.3 Å². The van der Waals surface area contributed by atoms with Crippen LogP contribution in [0.25, 0.3) is 0 Å². The molecule has 6 aliphatic carbocycles. The van der Waals surface area contributed by atoms with E-state index in [4.69, 9.17) is 14.2 Å². The van der Waals surface area contributed by atoms with Crippen LogP contribution < -0.4 is 0 Å². The monoisotopic (exact) mass is 399 g/mol. The Bertz CT molecular complexity index is 880. The third-order valence-electron chi connectivity index (χ3n) is 10.6. The number of nitrogens with zero attached hydrogens (tertiary/aromatic N) is 1. The second-order valence-corrected chi connectivity index (χ2v) is 11.0. The molecule has 29 heavy (non-hydrogen) atoms. The van der Waals surface area contributed by atoms with Crippen LogP contribution in [0.3, 0.4) is 0 Å². The van der Waals surface area contributed by atoms with Gasteiger partial charge in [-0.05, 0) is 48.9 Å². The number of carbonyl (C=O) groups excluding carboxylic acids is 2. The highest BCUT2D eigenvalue weighted by Gasteiger charge is 2.88. The predicted octanol–water partition coefficient (Wildman–Crippen LogP) is 2.42. The maximum atomic E-state index is 14.0. The molecule has 6 fully saturated rings. The van der Waals surface area contributed by atoms with E-state index in [1.165, 1.54) is 7.11 Å². The molecule has 2 heterocycles. The first-order valence-corrected chi connectivity index (χ1v) is 11.2. The topological polar surface area (TPSA) is 68.4 Å². The Labute approximate surface area is 170 Å². The zero-order valence-electron chi connectivity index (χ0n) is 17.3. The molecule has 8 aliphatic rings. The maximum absolute atomic E-state index is 14.0. The summed E-state index contributed by atoms with van der Waals surface area (Å²) in [6.07, 6.45) is 8.40. The van der Waals surface area contributed by atoms with E-state index in [1.807, 2.05) is 12.0 Å². The number of methoxy groups -OCH3 is 2. The van der Waals surface area contributed by atoms with E-state index in [1.54, 1.807) is 0 Å². The van der Waals surface area contributed by atoms with Gasteiger partial charge in [-0.15, -0.1) is 0 Å². The Kier molecular flexibility index (Phi) is 2.83. The molecule has 2 saturated heterocycles. The molecule has 3 spiro atoms. The molecule has 2 aliphatic heterocycles. The van der Waals surface area contributed by atoms with Crippen LogP contribution >= 0.6 is 0 Å². The number of ketones is 1. The van der Waals surface area contributed by atoms with Gasteiger partial charge in [0.25, 0.3) is 0 Å². The van der Waals surface area contributed by atoms with Crippen molar-refractivity contribution in [1.82, 2.24) is 4.90 Å². The van der Waals surface area contributed by atoms with E-state index in [-0.39, 0.29) is 46.8 Å². The van der Waals surface area contributed by atoms with Crippen molar-refractivity contribution in [3.8, 4) is 0 Å². The first-order valence-electron chi connectivity index (χ1n) is 11.2. The lowest BCUT2D eigenvalue weighted by Gasteiger charge is -2.66. The summed E-state index contributed by atoms with van der Waals surface area (Å²) in [7, 11) is 3.30. The quantitative estimate of drug-likeness (QED) is 0.500. The van der Waals surface area contributed by atoms with Gasteiger partial charge in [0.05, 0.1) is 25.2 Å². The van der Waals surface area contributed by atoms with Crippen LogP contribution in [0, 0.1) is 39.9 Å². The molecule has 0 aromatic rings. The lowest BCUT2D eigenvalue weighted by molar-refractivity contribution is -0.211. The summed E-state index contributed by atoms with van der Waals surface area (Å²) in [6.45, 7) is 3.65. The van der Waals surface area contributed by atoms with Crippen LogP contribution in [-0.2, 0) is 19.0 Å². The van der Waals surface area contributed by atoms with Crippen LogP contribution in [0.4, 0.5) is 4.79 Å². The average Bonchev–Trinajstić information content (AvgIpc) is 3.41. The molecule has 1 amide bonds. The normalized spacial score (nSPS) is 60.0. The van der Waals surface area contributed by atoms with E-state index in [0.717, 1.165) is 32.2 Å². The minimum absolute atomic E-state index is 0.0181. The first-order chi connectivity index (χ1) is 13.9. The van der Waals surface area contributed by atoms with Gasteiger partial charge in [0.2, 0.25) is 0 Å². The number of hydrogen-bond acceptors (Lipinski definition) is 5. The zero-order chi connectivity index (χ0) is 20.0. The van der Waals surface area contributed by atoms with Gasteiger partial charge in [0, 0.05) is 31.0 Å². The fourth-order valence-electron chi connectivity index (χ4n) is 9.87. The predicted molar refractivity (Wildman–Crippen MR) is 102 cm³/mol. The van der Waals surface area contributed by atoms with Crippen LogP contribution in [0.1, 0.15) is 32.6 Å². The highest BCUT2D eigenvalue weighted by molar-refractivity contribution is 6.00. The van der Waals surface area contributed by atoms with Crippen molar-refractivity contribution in [3.63, 3.8) is 0 Å². The Balaban J connectivity index is 1.49. The molecule has 0 radical (unpaired) electrons. The number of hydrogen-bond donors (Lipinski definition) is 0. The fraction of sp³-hybridized carbons (Fsp3) is 0.826. The van der Waals surface area contributed by atoms with Gasteiger partial charge < -0.3 is 19.1 Å². The summed E-state index contributed by atoms with van der Waals surface area (Å²) < 4.78 is 17.3. The van der Waals surface area contributed by atoms with Crippen LogP contribution in [-0.4, -0.2) is 61.9 Å². The molecule has 8 rings (SSSR count). The van der Waals surface area contributed by atoms with Crippen LogP contribution in [0.15, 0.2) is 12.2 Å². The van der Waals surface area contributed by atoms with E-state index in [2.05, 4.69) is 19.1 Å².